The molecule has 0 spiro atoms. The van der Waals surface area contributed by atoms with Gasteiger partial charge in [-0.3, -0.25) is 9.89 Å². The van der Waals surface area contributed by atoms with Crippen molar-refractivity contribution in [3.8, 4) is 11.1 Å². The molecule has 0 saturated heterocycles. The molecule has 0 aliphatic carbocycles. The van der Waals surface area contributed by atoms with E-state index in [1.54, 1.807) is 23.7 Å². The number of nitrogens with zero attached hydrogens (tertiary/aromatic N) is 4. The quantitative estimate of drug-likeness (QED) is 0.517. The van der Waals surface area contributed by atoms with Gasteiger partial charge in [-0.15, -0.1) is 0 Å². The third-order valence-electron chi connectivity index (χ3n) is 5.13. The van der Waals surface area contributed by atoms with Crippen LogP contribution in [0.25, 0.3) is 27.7 Å². The lowest BCUT2D eigenvalue weighted by Gasteiger charge is -2.26. The number of pyridine rings is 1. The number of rotatable bonds is 5. The molecule has 144 valence electrons. The van der Waals surface area contributed by atoms with Gasteiger partial charge >= 0.3 is 0 Å². The van der Waals surface area contributed by atoms with E-state index in [1.165, 1.54) is 0 Å². The zero-order valence-corrected chi connectivity index (χ0v) is 16.1. The number of halogens is 1. The van der Waals surface area contributed by atoms with Crippen molar-refractivity contribution in [1.82, 2.24) is 19.6 Å². The smallest absolute Gasteiger partial charge is 0.212 e. The van der Waals surface area contributed by atoms with Gasteiger partial charge in [-0.2, -0.15) is 5.10 Å². The van der Waals surface area contributed by atoms with Crippen molar-refractivity contribution in [2.45, 2.75) is 26.8 Å². The summed E-state index contributed by atoms with van der Waals surface area (Å²) in [5.74, 6) is 0.189. The molecule has 0 fully saturated rings. The zero-order chi connectivity index (χ0) is 20.0. The predicted molar refractivity (Wildman–Crippen MR) is 108 cm³/mol. The summed E-state index contributed by atoms with van der Waals surface area (Å²) in [5, 5.41) is 10.5. The van der Waals surface area contributed by atoms with E-state index in [9.17, 15) is 4.79 Å². The Bertz CT molecular complexity index is 1190. The van der Waals surface area contributed by atoms with Crippen LogP contribution in [0.2, 0.25) is 0 Å². The minimum absolute atomic E-state index is 0.136. The number of fused-ring (bicyclic) bond motifs is 2. The molecule has 1 aromatic carbocycles. The number of H-pyrrole nitrogens is 1. The number of anilines is 2. The Hall–Kier alpha value is -3.42. The number of carbonyl (C=O) groups is 1. The fourth-order valence-corrected chi connectivity index (χ4v) is 3.49. The fraction of sp³-hybridized carbons (Fsp3) is 0.250. The Labute approximate surface area is 161 Å². The van der Waals surface area contributed by atoms with Crippen LogP contribution >= 0.6 is 0 Å². The van der Waals surface area contributed by atoms with Crippen LogP contribution in [0.3, 0.4) is 0 Å². The Morgan fingerprint density at radius 3 is 2.82 bits per heavy atom. The molecule has 4 aromatic rings. The number of imidazole rings is 1. The van der Waals surface area contributed by atoms with Crippen LogP contribution in [0, 0.1) is 12.7 Å². The number of hydrogen-bond donors (Lipinski definition) is 2. The van der Waals surface area contributed by atoms with Crippen molar-refractivity contribution in [2.75, 3.05) is 17.3 Å². The Balaban J connectivity index is 1.95. The van der Waals surface area contributed by atoms with E-state index in [4.69, 9.17) is 0 Å². The summed E-state index contributed by atoms with van der Waals surface area (Å²) < 4.78 is 17.2. The van der Waals surface area contributed by atoms with Crippen LogP contribution in [-0.4, -0.2) is 39.1 Å². The number of amides is 1. The number of benzene rings is 1. The van der Waals surface area contributed by atoms with E-state index in [0.717, 1.165) is 16.5 Å². The second-order valence-electron chi connectivity index (χ2n) is 7.10. The van der Waals surface area contributed by atoms with Crippen molar-refractivity contribution < 1.29 is 9.18 Å². The first-order valence-corrected chi connectivity index (χ1v) is 8.99. The van der Waals surface area contributed by atoms with Gasteiger partial charge < -0.3 is 14.6 Å². The largest absolute Gasteiger partial charge is 0.368 e. The van der Waals surface area contributed by atoms with Gasteiger partial charge in [0.2, 0.25) is 6.41 Å². The maximum Gasteiger partial charge on any atom is 0.212 e. The SMILES string of the molecule is Cc1c(F)c(N(C)C(C)C)c2[nH]ncc2c1-c1ccc2nc(NC=O)cn2c1. The Kier molecular flexibility index (Phi) is 4.26. The van der Waals surface area contributed by atoms with E-state index in [2.05, 4.69) is 20.5 Å². The van der Waals surface area contributed by atoms with Gasteiger partial charge in [-0.1, -0.05) is 0 Å². The van der Waals surface area contributed by atoms with Crippen molar-refractivity contribution >= 4 is 34.5 Å². The second-order valence-corrected chi connectivity index (χ2v) is 7.10. The minimum Gasteiger partial charge on any atom is -0.368 e. The molecule has 8 heteroatoms. The molecule has 0 atom stereocenters. The first kappa shape index (κ1) is 18.0. The van der Waals surface area contributed by atoms with Crippen LogP contribution in [-0.2, 0) is 4.79 Å². The molecule has 28 heavy (non-hydrogen) atoms. The minimum atomic E-state index is -0.267. The topological polar surface area (TPSA) is 78.3 Å². The van der Waals surface area contributed by atoms with E-state index in [1.807, 2.05) is 44.1 Å². The summed E-state index contributed by atoms with van der Waals surface area (Å²) in [5.41, 5.74) is 4.05. The van der Waals surface area contributed by atoms with E-state index >= 15 is 4.39 Å². The molecule has 3 aromatic heterocycles. The van der Waals surface area contributed by atoms with E-state index < -0.39 is 0 Å². The fourth-order valence-electron chi connectivity index (χ4n) is 3.49. The van der Waals surface area contributed by atoms with Crippen molar-refractivity contribution in [1.29, 1.82) is 0 Å². The van der Waals surface area contributed by atoms with Crippen molar-refractivity contribution in [2.24, 2.45) is 0 Å². The summed E-state index contributed by atoms with van der Waals surface area (Å²) in [6, 6.07) is 3.87. The first-order valence-electron chi connectivity index (χ1n) is 8.99. The van der Waals surface area contributed by atoms with Gasteiger partial charge in [0.1, 0.15) is 5.65 Å². The number of hydrogen-bond acceptors (Lipinski definition) is 4. The highest BCUT2D eigenvalue weighted by Gasteiger charge is 2.23. The molecule has 4 rings (SSSR count). The average Bonchev–Trinajstić information content (AvgIpc) is 3.28. The summed E-state index contributed by atoms with van der Waals surface area (Å²) in [6.07, 6.45) is 5.90. The molecule has 0 unspecified atom stereocenters. The molecule has 7 nitrogen and oxygen atoms in total. The molecule has 2 N–H and O–H groups in total. The normalized spacial score (nSPS) is 11.5. The highest BCUT2D eigenvalue weighted by atomic mass is 19.1. The maximum absolute atomic E-state index is 15.4. The maximum atomic E-state index is 15.4. The van der Waals surface area contributed by atoms with Crippen LogP contribution in [0.15, 0.2) is 30.7 Å². The molecular formula is C20H21FN6O. The van der Waals surface area contributed by atoms with Crippen LogP contribution in [0.1, 0.15) is 19.4 Å². The lowest BCUT2D eigenvalue weighted by molar-refractivity contribution is -0.105. The Morgan fingerprint density at radius 1 is 1.32 bits per heavy atom. The number of carbonyl (C=O) groups excluding carboxylic acids is 1. The lowest BCUT2D eigenvalue weighted by Crippen LogP contribution is -2.27. The van der Waals surface area contributed by atoms with Gasteiger partial charge in [0.15, 0.2) is 11.6 Å². The summed E-state index contributed by atoms with van der Waals surface area (Å²) in [6.45, 7) is 5.82. The third-order valence-corrected chi connectivity index (χ3v) is 5.13. The molecule has 0 aliphatic heterocycles. The highest BCUT2D eigenvalue weighted by molar-refractivity contribution is 6.03. The second kappa shape index (κ2) is 6.63. The molecule has 3 heterocycles. The van der Waals surface area contributed by atoms with Gasteiger partial charge in [0.05, 0.1) is 23.6 Å². The van der Waals surface area contributed by atoms with Crippen LogP contribution in [0.4, 0.5) is 15.9 Å². The van der Waals surface area contributed by atoms with E-state index in [-0.39, 0.29) is 11.9 Å². The molecule has 0 radical (unpaired) electrons. The first-order chi connectivity index (χ1) is 13.4. The number of aromatic nitrogens is 4. The summed E-state index contributed by atoms with van der Waals surface area (Å²) in [4.78, 5) is 16.9. The Morgan fingerprint density at radius 2 is 2.11 bits per heavy atom. The summed E-state index contributed by atoms with van der Waals surface area (Å²) in [7, 11) is 1.88. The van der Waals surface area contributed by atoms with Gasteiger partial charge in [-0.05, 0) is 44.0 Å². The van der Waals surface area contributed by atoms with Crippen molar-refractivity contribution in [3.63, 3.8) is 0 Å². The molecule has 0 saturated carbocycles. The van der Waals surface area contributed by atoms with Gasteiger partial charge in [0, 0.05) is 30.2 Å². The van der Waals surface area contributed by atoms with Gasteiger partial charge in [-0.25, -0.2) is 9.37 Å². The number of aromatic amines is 1. The van der Waals surface area contributed by atoms with Crippen LogP contribution < -0.4 is 10.2 Å². The van der Waals surface area contributed by atoms with Crippen molar-refractivity contribution in [3.05, 3.63) is 42.1 Å². The molecule has 1 amide bonds. The standard InChI is InChI=1S/C20H21FN6O/c1-11(2)26(4)20-18(21)12(3)17(14-7-23-25-19(14)20)13-5-6-16-24-15(22-10-28)9-27(16)8-13/h5-11H,1-4H3,(H,22,28)(H,23,25). The number of nitrogens with one attached hydrogen (secondary N) is 2. The zero-order valence-electron chi connectivity index (χ0n) is 16.1. The molecule has 0 bridgehead atoms. The average molecular weight is 380 g/mol. The monoisotopic (exact) mass is 380 g/mol. The molecule has 0 aliphatic rings. The third kappa shape index (κ3) is 2.69. The molecular weight excluding hydrogens is 359 g/mol. The highest BCUT2D eigenvalue weighted by Crippen LogP contribution is 2.39. The van der Waals surface area contributed by atoms with E-state index in [0.29, 0.717) is 34.6 Å². The summed E-state index contributed by atoms with van der Waals surface area (Å²) >= 11 is 0. The van der Waals surface area contributed by atoms with Gasteiger partial charge in [0.25, 0.3) is 0 Å². The lowest BCUT2D eigenvalue weighted by atomic mass is 9.96. The predicted octanol–water partition coefficient (Wildman–Crippen LogP) is 3.74. The van der Waals surface area contributed by atoms with Crippen LogP contribution in [0.5, 0.6) is 0 Å².